The summed E-state index contributed by atoms with van der Waals surface area (Å²) in [4.78, 5) is 0. The molecule has 6 nitrogen and oxygen atoms in total. The highest BCUT2D eigenvalue weighted by atomic mass is 32.1. The van der Waals surface area contributed by atoms with Crippen LogP contribution in [0.4, 0.5) is 0 Å². The van der Waals surface area contributed by atoms with Crippen LogP contribution < -0.4 is 18.9 Å². The Hall–Kier alpha value is -1.48. The third-order valence-electron chi connectivity index (χ3n) is 5.47. The summed E-state index contributed by atoms with van der Waals surface area (Å²) in [6.07, 6.45) is 3.14. The zero-order chi connectivity index (χ0) is 21.6. The van der Waals surface area contributed by atoms with Crippen molar-refractivity contribution in [1.29, 1.82) is 0 Å². The molecule has 0 spiro atoms. The molecule has 8 heteroatoms. The summed E-state index contributed by atoms with van der Waals surface area (Å²) >= 11 is 3.20. The maximum absolute atomic E-state index is 5.93. The maximum Gasteiger partial charge on any atom is 0.171 e. The van der Waals surface area contributed by atoms with Crippen LogP contribution in [-0.2, 0) is 9.47 Å². The maximum atomic E-state index is 5.93. The first-order valence-corrected chi connectivity index (χ1v) is 12.7. The van der Waals surface area contributed by atoms with Crippen LogP contribution in [0.3, 0.4) is 0 Å². The Kier molecular flexibility index (Phi) is 7.63. The van der Waals surface area contributed by atoms with Gasteiger partial charge in [0, 0.05) is 34.7 Å². The van der Waals surface area contributed by atoms with E-state index in [-0.39, 0.29) is 10.8 Å². The lowest BCUT2D eigenvalue weighted by atomic mass is 9.94. The molecule has 0 aromatic carbocycles. The van der Waals surface area contributed by atoms with E-state index in [1.807, 2.05) is 21.5 Å². The van der Waals surface area contributed by atoms with Gasteiger partial charge in [-0.25, -0.2) is 0 Å². The lowest BCUT2D eigenvalue weighted by Crippen LogP contribution is -2.35. The van der Waals surface area contributed by atoms with Crippen LogP contribution in [0.15, 0.2) is 21.5 Å². The van der Waals surface area contributed by atoms with Gasteiger partial charge in [-0.3, -0.25) is 0 Å². The largest absolute Gasteiger partial charge is 0.488 e. The first-order chi connectivity index (χ1) is 15.1. The second-order valence-electron chi connectivity index (χ2n) is 9.14. The average Bonchev–Trinajstić information content (AvgIpc) is 3.35. The van der Waals surface area contributed by atoms with Crippen LogP contribution in [0.1, 0.15) is 33.1 Å². The van der Waals surface area contributed by atoms with Crippen LogP contribution in [0, 0.1) is 10.8 Å². The molecule has 0 fully saturated rings. The van der Waals surface area contributed by atoms with Gasteiger partial charge in [0.2, 0.25) is 0 Å². The molecule has 4 heterocycles. The fraction of sp³-hybridized carbons (Fsp3) is 0.652. The van der Waals surface area contributed by atoms with Crippen molar-refractivity contribution < 1.29 is 28.4 Å². The van der Waals surface area contributed by atoms with Gasteiger partial charge >= 0.3 is 0 Å². The van der Waals surface area contributed by atoms with Gasteiger partial charge in [0.1, 0.15) is 0 Å². The zero-order valence-corrected chi connectivity index (χ0v) is 20.0. The standard InChI is InChI=1S/C23H32O6S2/c1-22(14-26-18-8-30-9-19(18)27-15-22)12-24-6-4-3-5-7-25-13-23(2)16-28-20-10-31-11-21(20)29-17-23/h8-11H,3-7,12-17H2,1-2H3. The van der Waals surface area contributed by atoms with Gasteiger partial charge in [0.05, 0.1) is 50.5 Å². The van der Waals surface area contributed by atoms with Crippen LogP contribution in [0.2, 0.25) is 0 Å². The van der Waals surface area contributed by atoms with Crippen molar-refractivity contribution in [3.05, 3.63) is 21.5 Å². The minimum Gasteiger partial charge on any atom is -0.488 e. The van der Waals surface area contributed by atoms with Crippen LogP contribution in [0.25, 0.3) is 0 Å². The molecule has 2 aliphatic heterocycles. The first-order valence-electron chi connectivity index (χ1n) is 10.8. The predicted octanol–water partition coefficient (Wildman–Crippen LogP) is 5.27. The van der Waals surface area contributed by atoms with Crippen molar-refractivity contribution >= 4 is 22.7 Å². The Morgan fingerprint density at radius 1 is 0.645 bits per heavy atom. The van der Waals surface area contributed by atoms with Gasteiger partial charge in [-0.15, -0.1) is 22.7 Å². The summed E-state index contributed by atoms with van der Waals surface area (Å²) in [5.74, 6) is 3.39. The van der Waals surface area contributed by atoms with Crippen LogP contribution in [0.5, 0.6) is 23.0 Å². The fourth-order valence-electron chi connectivity index (χ4n) is 3.45. The number of ether oxygens (including phenoxy) is 6. The van der Waals surface area contributed by atoms with Crippen LogP contribution in [-0.4, -0.2) is 52.9 Å². The van der Waals surface area contributed by atoms with Crippen molar-refractivity contribution in [1.82, 2.24) is 0 Å². The minimum atomic E-state index is -0.124. The third kappa shape index (κ3) is 6.28. The Morgan fingerprint density at radius 3 is 1.35 bits per heavy atom. The smallest absolute Gasteiger partial charge is 0.171 e. The number of thiophene rings is 2. The molecular formula is C23H32O6S2. The van der Waals surface area contributed by atoms with Crippen molar-refractivity contribution in [3.8, 4) is 23.0 Å². The third-order valence-corrected chi connectivity index (χ3v) is 6.87. The number of rotatable bonds is 10. The van der Waals surface area contributed by atoms with Crippen molar-refractivity contribution in [2.75, 3.05) is 52.9 Å². The van der Waals surface area contributed by atoms with E-state index >= 15 is 0 Å². The Labute approximate surface area is 192 Å². The van der Waals surface area contributed by atoms with Gasteiger partial charge in [0.25, 0.3) is 0 Å². The summed E-state index contributed by atoms with van der Waals surface area (Å²) in [5.41, 5.74) is -0.247. The summed E-state index contributed by atoms with van der Waals surface area (Å²) in [6.45, 7) is 9.54. The molecule has 0 N–H and O–H groups in total. The molecular weight excluding hydrogens is 436 g/mol. The molecule has 0 bridgehead atoms. The lowest BCUT2D eigenvalue weighted by molar-refractivity contribution is -0.000206. The number of unbranched alkanes of at least 4 members (excludes halogenated alkanes) is 2. The second-order valence-corrected chi connectivity index (χ2v) is 10.6. The first kappa shape index (κ1) is 22.7. The molecule has 0 radical (unpaired) electrons. The van der Waals surface area contributed by atoms with E-state index in [0.29, 0.717) is 39.6 Å². The van der Waals surface area contributed by atoms with E-state index in [9.17, 15) is 0 Å². The molecule has 0 atom stereocenters. The molecule has 2 aromatic heterocycles. The molecule has 0 amide bonds. The SMILES string of the molecule is CC1(COCCCCCOCC2(C)COc3cscc3OC2)COc2cscc2OC1. The normalized spacial score (nSPS) is 18.9. The van der Waals surface area contributed by atoms with Crippen LogP contribution >= 0.6 is 22.7 Å². The molecule has 0 saturated carbocycles. The number of fused-ring (bicyclic) bond motifs is 2. The predicted molar refractivity (Wildman–Crippen MR) is 122 cm³/mol. The summed E-state index contributed by atoms with van der Waals surface area (Å²) in [5, 5.41) is 7.94. The molecule has 4 rings (SSSR count). The molecule has 0 aliphatic carbocycles. The van der Waals surface area contributed by atoms with E-state index < -0.39 is 0 Å². The highest BCUT2D eigenvalue weighted by molar-refractivity contribution is 7.08. The van der Waals surface area contributed by atoms with E-state index in [1.165, 1.54) is 0 Å². The molecule has 0 saturated heterocycles. The van der Waals surface area contributed by atoms with E-state index in [0.717, 1.165) is 55.5 Å². The molecule has 31 heavy (non-hydrogen) atoms. The Balaban J connectivity index is 1.03. The van der Waals surface area contributed by atoms with Gasteiger partial charge in [-0.05, 0) is 19.3 Å². The quantitative estimate of drug-likeness (QED) is 0.443. The Bertz CT molecular complexity index is 705. The van der Waals surface area contributed by atoms with Gasteiger partial charge < -0.3 is 28.4 Å². The van der Waals surface area contributed by atoms with Crippen molar-refractivity contribution in [2.24, 2.45) is 10.8 Å². The molecule has 0 unspecified atom stereocenters. The molecule has 172 valence electrons. The number of hydrogen-bond donors (Lipinski definition) is 0. The summed E-state index contributed by atoms with van der Waals surface area (Å²) in [6, 6.07) is 0. The average molecular weight is 469 g/mol. The van der Waals surface area contributed by atoms with E-state index in [2.05, 4.69) is 13.8 Å². The summed E-state index contributed by atoms with van der Waals surface area (Å²) in [7, 11) is 0. The minimum absolute atomic E-state index is 0.124. The summed E-state index contributed by atoms with van der Waals surface area (Å²) < 4.78 is 35.4. The van der Waals surface area contributed by atoms with Crippen molar-refractivity contribution in [2.45, 2.75) is 33.1 Å². The Morgan fingerprint density at radius 2 is 1.00 bits per heavy atom. The van der Waals surface area contributed by atoms with Gasteiger partial charge in [-0.1, -0.05) is 13.8 Å². The highest BCUT2D eigenvalue weighted by Gasteiger charge is 2.32. The fourth-order valence-corrected chi connectivity index (χ4v) is 4.82. The van der Waals surface area contributed by atoms with E-state index in [4.69, 9.17) is 28.4 Å². The van der Waals surface area contributed by atoms with Gasteiger partial charge in [-0.2, -0.15) is 0 Å². The lowest BCUT2D eigenvalue weighted by Gasteiger charge is -2.26. The topological polar surface area (TPSA) is 55.4 Å². The molecule has 2 aromatic rings. The van der Waals surface area contributed by atoms with Gasteiger partial charge in [0.15, 0.2) is 23.0 Å². The second kappa shape index (κ2) is 10.4. The van der Waals surface area contributed by atoms with Crippen molar-refractivity contribution in [3.63, 3.8) is 0 Å². The zero-order valence-electron chi connectivity index (χ0n) is 18.4. The molecule has 2 aliphatic rings. The number of hydrogen-bond acceptors (Lipinski definition) is 8. The van der Waals surface area contributed by atoms with E-state index in [1.54, 1.807) is 22.7 Å². The monoisotopic (exact) mass is 468 g/mol. The highest BCUT2D eigenvalue weighted by Crippen LogP contribution is 2.38.